The zero-order chi connectivity index (χ0) is 9.14. The molecule has 0 aliphatic heterocycles. The molecule has 0 radical (unpaired) electrons. The summed E-state index contributed by atoms with van der Waals surface area (Å²) in [5, 5.41) is 16.8. The SMILES string of the molecule is N#Cc1c(CC(=O)O)s[nH]c1=O. The molecule has 0 saturated carbocycles. The summed E-state index contributed by atoms with van der Waals surface area (Å²) in [5.74, 6) is -1.05. The molecule has 5 nitrogen and oxygen atoms in total. The molecule has 0 saturated heterocycles. The average molecular weight is 184 g/mol. The number of aromatic nitrogens is 1. The predicted molar refractivity (Wildman–Crippen MR) is 41.0 cm³/mol. The lowest BCUT2D eigenvalue weighted by atomic mass is 10.2. The summed E-state index contributed by atoms with van der Waals surface area (Å²) in [6.07, 6.45) is -0.285. The zero-order valence-corrected chi connectivity index (χ0v) is 6.64. The van der Waals surface area contributed by atoms with Crippen molar-refractivity contribution in [2.75, 3.05) is 0 Å². The lowest BCUT2D eigenvalue weighted by Gasteiger charge is -1.87. The quantitative estimate of drug-likeness (QED) is 0.672. The van der Waals surface area contributed by atoms with Gasteiger partial charge in [-0.05, 0) is 0 Å². The van der Waals surface area contributed by atoms with E-state index in [9.17, 15) is 9.59 Å². The van der Waals surface area contributed by atoms with Crippen molar-refractivity contribution in [3.05, 3.63) is 20.8 Å². The van der Waals surface area contributed by atoms with Gasteiger partial charge in [-0.3, -0.25) is 14.0 Å². The molecule has 0 aliphatic carbocycles. The molecule has 1 heterocycles. The fraction of sp³-hybridized carbons (Fsp3) is 0.167. The number of rotatable bonds is 2. The van der Waals surface area contributed by atoms with Gasteiger partial charge in [-0.1, -0.05) is 11.5 Å². The first-order valence-corrected chi connectivity index (χ1v) is 3.79. The molecule has 0 unspecified atom stereocenters. The van der Waals surface area contributed by atoms with Gasteiger partial charge in [0.2, 0.25) is 0 Å². The maximum atomic E-state index is 10.8. The van der Waals surface area contributed by atoms with Crippen molar-refractivity contribution >= 4 is 17.5 Å². The molecule has 1 rings (SSSR count). The van der Waals surface area contributed by atoms with Gasteiger partial charge in [0.1, 0.15) is 11.6 Å². The molecule has 0 atom stereocenters. The summed E-state index contributed by atoms with van der Waals surface area (Å²) in [4.78, 5) is 21.3. The van der Waals surface area contributed by atoms with E-state index >= 15 is 0 Å². The van der Waals surface area contributed by atoms with Crippen LogP contribution in [0, 0.1) is 11.3 Å². The van der Waals surface area contributed by atoms with Crippen molar-refractivity contribution in [3.8, 4) is 6.07 Å². The lowest BCUT2D eigenvalue weighted by Crippen LogP contribution is -2.05. The standard InChI is InChI=1S/C6H4N2O3S/c7-2-3-4(1-5(9)10)12-8-6(3)11/h1H2,(H,8,11)(H,9,10). The second-order valence-corrected chi connectivity index (χ2v) is 2.91. The Balaban J connectivity index is 3.10. The molecule has 6 heteroatoms. The van der Waals surface area contributed by atoms with Gasteiger partial charge >= 0.3 is 5.97 Å². The van der Waals surface area contributed by atoms with Crippen molar-refractivity contribution in [3.63, 3.8) is 0 Å². The fourth-order valence-electron chi connectivity index (χ4n) is 0.712. The Morgan fingerprint density at radius 2 is 2.42 bits per heavy atom. The van der Waals surface area contributed by atoms with E-state index in [1.54, 1.807) is 6.07 Å². The minimum absolute atomic E-state index is 0.0950. The molecular weight excluding hydrogens is 180 g/mol. The second kappa shape index (κ2) is 3.19. The lowest BCUT2D eigenvalue weighted by molar-refractivity contribution is -0.136. The van der Waals surface area contributed by atoms with Crippen LogP contribution in [0.5, 0.6) is 0 Å². The number of carboxylic acid groups (broad SMARTS) is 1. The van der Waals surface area contributed by atoms with E-state index in [-0.39, 0.29) is 16.9 Å². The number of nitrogens with zero attached hydrogens (tertiary/aromatic N) is 1. The number of hydrogen-bond donors (Lipinski definition) is 2. The van der Waals surface area contributed by atoms with Crippen LogP contribution in [0.4, 0.5) is 0 Å². The zero-order valence-electron chi connectivity index (χ0n) is 5.83. The van der Waals surface area contributed by atoms with Crippen LogP contribution in [0.1, 0.15) is 10.4 Å². The van der Waals surface area contributed by atoms with Gasteiger partial charge in [-0.25, -0.2) is 0 Å². The molecule has 0 spiro atoms. The van der Waals surface area contributed by atoms with Gasteiger partial charge in [-0.2, -0.15) is 5.26 Å². The van der Waals surface area contributed by atoms with Crippen LogP contribution in [-0.4, -0.2) is 15.4 Å². The summed E-state index contributed by atoms with van der Waals surface area (Å²) in [7, 11) is 0. The number of carboxylic acids is 1. The Kier molecular flexibility index (Phi) is 2.26. The number of hydrogen-bond acceptors (Lipinski definition) is 4. The van der Waals surface area contributed by atoms with Gasteiger partial charge in [0.25, 0.3) is 5.56 Å². The van der Waals surface area contributed by atoms with Crippen molar-refractivity contribution in [2.24, 2.45) is 0 Å². The van der Waals surface area contributed by atoms with Gasteiger partial charge in [0, 0.05) is 0 Å². The number of nitrogens with one attached hydrogen (secondary N) is 1. The third-order valence-electron chi connectivity index (χ3n) is 1.20. The van der Waals surface area contributed by atoms with Crippen LogP contribution in [0.3, 0.4) is 0 Å². The highest BCUT2D eigenvalue weighted by Gasteiger charge is 2.12. The van der Waals surface area contributed by atoms with E-state index in [0.717, 1.165) is 11.5 Å². The van der Waals surface area contributed by atoms with Crippen molar-refractivity contribution < 1.29 is 9.90 Å². The number of aromatic amines is 1. The van der Waals surface area contributed by atoms with Crippen LogP contribution < -0.4 is 5.56 Å². The van der Waals surface area contributed by atoms with Crippen LogP contribution in [0.2, 0.25) is 0 Å². The highest BCUT2D eigenvalue weighted by molar-refractivity contribution is 7.06. The van der Waals surface area contributed by atoms with Crippen molar-refractivity contribution in [1.29, 1.82) is 5.26 Å². The van der Waals surface area contributed by atoms with E-state index in [2.05, 4.69) is 4.37 Å². The largest absolute Gasteiger partial charge is 0.481 e. The van der Waals surface area contributed by atoms with E-state index < -0.39 is 11.5 Å². The molecule has 12 heavy (non-hydrogen) atoms. The number of aliphatic carboxylic acids is 1. The monoisotopic (exact) mass is 184 g/mol. The molecule has 0 amide bonds. The molecular formula is C6H4N2O3S. The van der Waals surface area contributed by atoms with E-state index in [1.165, 1.54) is 0 Å². The molecule has 1 aromatic rings. The molecule has 0 aliphatic rings. The van der Waals surface area contributed by atoms with Gasteiger partial charge in [0.05, 0.1) is 11.3 Å². The smallest absolute Gasteiger partial charge is 0.308 e. The van der Waals surface area contributed by atoms with Gasteiger partial charge in [-0.15, -0.1) is 0 Å². The Morgan fingerprint density at radius 3 is 2.92 bits per heavy atom. The number of H-pyrrole nitrogens is 1. The topological polar surface area (TPSA) is 93.9 Å². The summed E-state index contributed by atoms with van der Waals surface area (Å²) < 4.78 is 2.29. The number of carbonyl (C=O) groups is 1. The Labute approximate surface area is 71.0 Å². The Hall–Kier alpha value is -1.61. The predicted octanol–water partition coefficient (Wildman–Crippen LogP) is -0.0648. The summed E-state index contributed by atoms with van der Waals surface area (Å²) in [5.41, 5.74) is -0.610. The van der Waals surface area contributed by atoms with E-state index in [0.29, 0.717) is 0 Å². The van der Waals surface area contributed by atoms with Crippen LogP contribution in [-0.2, 0) is 11.2 Å². The molecule has 1 aromatic heterocycles. The van der Waals surface area contributed by atoms with Crippen LogP contribution in [0.15, 0.2) is 4.79 Å². The first kappa shape index (κ1) is 8.49. The van der Waals surface area contributed by atoms with Crippen LogP contribution >= 0.6 is 11.5 Å². The van der Waals surface area contributed by atoms with Crippen molar-refractivity contribution in [2.45, 2.75) is 6.42 Å². The van der Waals surface area contributed by atoms with E-state index in [1.807, 2.05) is 0 Å². The average Bonchev–Trinajstić information content (AvgIpc) is 2.30. The van der Waals surface area contributed by atoms with E-state index in [4.69, 9.17) is 10.4 Å². The first-order chi connectivity index (χ1) is 5.65. The Bertz CT molecular complexity index is 398. The minimum Gasteiger partial charge on any atom is -0.481 e. The van der Waals surface area contributed by atoms with Gasteiger partial charge in [0.15, 0.2) is 0 Å². The summed E-state index contributed by atoms with van der Waals surface area (Å²) in [6, 6.07) is 1.65. The molecule has 0 aromatic carbocycles. The van der Waals surface area contributed by atoms with Crippen LogP contribution in [0.25, 0.3) is 0 Å². The van der Waals surface area contributed by atoms with Crippen molar-refractivity contribution in [1.82, 2.24) is 4.37 Å². The summed E-state index contributed by atoms with van der Waals surface area (Å²) in [6.45, 7) is 0. The Morgan fingerprint density at radius 1 is 1.75 bits per heavy atom. The molecule has 0 fully saturated rings. The fourth-order valence-corrected chi connectivity index (χ4v) is 1.47. The first-order valence-electron chi connectivity index (χ1n) is 2.97. The maximum Gasteiger partial charge on any atom is 0.308 e. The molecule has 0 bridgehead atoms. The van der Waals surface area contributed by atoms with Gasteiger partial charge < -0.3 is 5.11 Å². The highest BCUT2D eigenvalue weighted by Crippen LogP contribution is 2.08. The summed E-state index contributed by atoms with van der Waals surface area (Å²) >= 11 is 0.888. The molecule has 2 N–H and O–H groups in total. The third kappa shape index (κ3) is 1.52. The highest BCUT2D eigenvalue weighted by atomic mass is 32.1. The minimum atomic E-state index is -1.05. The third-order valence-corrected chi connectivity index (χ3v) is 2.08. The maximum absolute atomic E-state index is 10.8. The number of nitriles is 1. The second-order valence-electron chi connectivity index (χ2n) is 2.01. The molecule has 62 valence electrons. The normalized spacial score (nSPS) is 9.25.